The van der Waals surface area contributed by atoms with Gasteiger partial charge in [0, 0.05) is 12.5 Å². The summed E-state index contributed by atoms with van der Waals surface area (Å²) in [4.78, 5) is 10.7. The minimum atomic E-state index is 0.269. The molecule has 0 aliphatic heterocycles. The Morgan fingerprint density at radius 3 is 2.64 bits per heavy atom. The summed E-state index contributed by atoms with van der Waals surface area (Å²) in [7, 11) is 1.91. The van der Waals surface area contributed by atoms with Gasteiger partial charge in [-0.1, -0.05) is 0 Å². The average molecular weight is 175 g/mol. The molecule has 0 aromatic carbocycles. The summed E-state index contributed by atoms with van der Waals surface area (Å²) in [6.45, 7) is 1.64. The zero-order valence-corrected chi connectivity index (χ0v) is 8.33. The highest BCUT2D eigenvalue weighted by atomic mass is 32.2. The van der Waals surface area contributed by atoms with Gasteiger partial charge in [0.15, 0.2) is 0 Å². The maximum Gasteiger partial charge on any atom is 0.131 e. The van der Waals surface area contributed by atoms with Crippen LogP contribution < -0.4 is 5.32 Å². The summed E-state index contributed by atoms with van der Waals surface area (Å²) in [5.41, 5.74) is 0. The summed E-state index contributed by atoms with van der Waals surface area (Å²) in [5, 5.41) is 3.13. The van der Waals surface area contributed by atoms with Gasteiger partial charge in [-0.15, -0.1) is 0 Å². The molecule has 0 saturated heterocycles. The Hall–Kier alpha value is -0.0200. The monoisotopic (exact) mass is 175 g/mol. The highest BCUT2D eigenvalue weighted by molar-refractivity contribution is 7.98. The minimum Gasteiger partial charge on any atom is -0.317 e. The molecule has 1 atom stereocenters. The standard InChI is InChI=1S/C8H17NOS/c1-7(10)6-8(9-2)4-5-11-3/h8-9H,4-6H2,1-3H3/t8-/m0/s1. The van der Waals surface area contributed by atoms with Gasteiger partial charge in [0.05, 0.1) is 0 Å². The van der Waals surface area contributed by atoms with Gasteiger partial charge in [-0.3, -0.25) is 4.79 Å². The number of ketones is 1. The Morgan fingerprint density at radius 1 is 1.64 bits per heavy atom. The predicted octanol–water partition coefficient (Wildman–Crippen LogP) is 1.31. The molecule has 2 nitrogen and oxygen atoms in total. The van der Waals surface area contributed by atoms with Crippen molar-refractivity contribution in [2.75, 3.05) is 19.1 Å². The van der Waals surface area contributed by atoms with Crippen LogP contribution in [-0.2, 0) is 4.79 Å². The second kappa shape index (κ2) is 6.68. The van der Waals surface area contributed by atoms with Crippen LogP contribution in [0.5, 0.6) is 0 Å². The highest BCUT2D eigenvalue weighted by Crippen LogP contribution is 2.03. The van der Waals surface area contributed by atoms with Gasteiger partial charge < -0.3 is 5.32 Å². The Morgan fingerprint density at radius 2 is 2.27 bits per heavy atom. The number of carbonyl (C=O) groups excluding carboxylic acids is 1. The van der Waals surface area contributed by atoms with Crippen LogP contribution in [0.25, 0.3) is 0 Å². The van der Waals surface area contributed by atoms with E-state index in [-0.39, 0.29) is 5.78 Å². The van der Waals surface area contributed by atoms with Crippen molar-refractivity contribution in [1.82, 2.24) is 5.32 Å². The third-order valence-corrected chi connectivity index (χ3v) is 2.26. The lowest BCUT2D eigenvalue weighted by atomic mass is 10.1. The van der Waals surface area contributed by atoms with E-state index in [1.54, 1.807) is 6.92 Å². The molecule has 0 fully saturated rings. The van der Waals surface area contributed by atoms with E-state index in [4.69, 9.17) is 0 Å². The van der Waals surface area contributed by atoms with Crippen LogP contribution in [0.4, 0.5) is 0 Å². The van der Waals surface area contributed by atoms with Crippen LogP contribution in [0.2, 0.25) is 0 Å². The molecule has 11 heavy (non-hydrogen) atoms. The van der Waals surface area contributed by atoms with E-state index in [0.717, 1.165) is 12.2 Å². The van der Waals surface area contributed by atoms with Crippen LogP contribution in [0.1, 0.15) is 19.8 Å². The molecule has 66 valence electrons. The largest absolute Gasteiger partial charge is 0.317 e. The topological polar surface area (TPSA) is 29.1 Å². The van der Waals surface area contributed by atoms with Crippen molar-refractivity contribution < 1.29 is 4.79 Å². The first-order chi connectivity index (χ1) is 5.20. The molecule has 0 rings (SSSR count). The molecule has 1 N–H and O–H groups in total. The van der Waals surface area contributed by atoms with Gasteiger partial charge in [0.2, 0.25) is 0 Å². The fourth-order valence-electron chi connectivity index (χ4n) is 0.956. The highest BCUT2D eigenvalue weighted by Gasteiger charge is 2.07. The number of thioether (sulfide) groups is 1. The molecule has 0 radical (unpaired) electrons. The van der Waals surface area contributed by atoms with E-state index < -0.39 is 0 Å². The quantitative estimate of drug-likeness (QED) is 0.660. The van der Waals surface area contributed by atoms with E-state index in [9.17, 15) is 4.79 Å². The number of Topliss-reactive ketones (excluding diaryl/α,β-unsaturated/α-hetero) is 1. The van der Waals surface area contributed by atoms with Crippen molar-refractivity contribution in [2.45, 2.75) is 25.8 Å². The van der Waals surface area contributed by atoms with Crippen molar-refractivity contribution in [2.24, 2.45) is 0 Å². The molecule has 0 aromatic heterocycles. The van der Waals surface area contributed by atoms with Crippen LogP contribution in [0, 0.1) is 0 Å². The summed E-state index contributed by atoms with van der Waals surface area (Å²) < 4.78 is 0. The summed E-state index contributed by atoms with van der Waals surface area (Å²) >= 11 is 1.82. The first-order valence-electron chi connectivity index (χ1n) is 3.86. The predicted molar refractivity (Wildman–Crippen MR) is 51.1 cm³/mol. The SMILES string of the molecule is CN[C@@H](CCSC)CC(C)=O. The van der Waals surface area contributed by atoms with Crippen molar-refractivity contribution in [3.63, 3.8) is 0 Å². The van der Waals surface area contributed by atoms with E-state index in [1.165, 1.54) is 0 Å². The molecule has 0 spiro atoms. The van der Waals surface area contributed by atoms with E-state index >= 15 is 0 Å². The molecular formula is C8H17NOS. The Kier molecular flexibility index (Phi) is 6.66. The normalized spacial score (nSPS) is 13.0. The molecule has 0 aromatic rings. The summed E-state index contributed by atoms with van der Waals surface area (Å²) in [5.74, 6) is 1.39. The second-order valence-corrected chi connectivity index (χ2v) is 3.66. The number of rotatable bonds is 6. The lowest BCUT2D eigenvalue weighted by Gasteiger charge is -2.12. The molecule has 0 saturated carbocycles. The van der Waals surface area contributed by atoms with Gasteiger partial charge in [-0.05, 0) is 32.4 Å². The Labute approximate surface area is 73.1 Å². The third kappa shape index (κ3) is 6.38. The second-order valence-electron chi connectivity index (χ2n) is 2.67. The summed E-state index contributed by atoms with van der Waals surface area (Å²) in [6.07, 6.45) is 3.83. The van der Waals surface area contributed by atoms with Gasteiger partial charge in [0.25, 0.3) is 0 Å². The lowest BCUT2D eigenvalue weighted by molar-refractivity contribution is -0.117. The average Bonchev–Trinajstić information content (AvgIpc) is 1.97. The van der Waals surface area contributed by atoms with Crippen molar-refractivity contribution in [3.05, 3.63) is 0 Å². The fourth-order valence-corrected chi connectivity index (χ4v) is 1.48. The molecule has 0 heterocycles. The van der Waals surface area contributed by atoms with Gasteiger partial charge in [-0.2, -0.15) is 11.8 Å². The molecule has 0 amide bonds. The number of hydrogen-bond donors (Lipinski definition) is 1. The Bertz CT molecular complexity index is 117. The van der Waals surface area contributed by atoms with Crippen LogP contribution in [-0.4, -0.2) is 30.9 Å². The van der Waals surface area contributed by atoms with Crippen LogP contribution in [0.3, 0.4) is 0 Å². The van der Waals surface area contributed by atoms with Crippen molar-refractivity contribution >= 4 is 17.5 Å². The maximum atomic E-state index is 10.7. The van der Waals surface area contributed by atoms with Crippen molar-refractivity contribution in [3.8, 4) is 0 Å². The lowest BCUT2D eigenvalue weighted by Crippen LogP contribution is -2.27. The van der Waals surface area contributed by atoms with Crippen LogP contribution in [0.15, 0.2) is 0 Å². The minimum absolute atomic E-state index is 0.269. The van der Waals surface area contributed by atoms with E-state index in [2.05, 4.69) is 11.6 Å². The molecular weight excluding hydrogens is 158 g/mol. The van der Waals surface area contributed by atoms with Crippen LogP contribution >= 0.6 is 11.8 Å². The van der Waals surface area contributed by atoms with Crippen molar-refractivity contribution in [1.29, 1.82) is 0 Å². The number of hydrogen-bond acceptors (Lipinski definition) is 3. The molecule has 0 aliphatic carbocycles. The number of nitrogens with one attached hydrogen (secondary N) is 1. The zero-order chi connectivity index (χ0) is 8.69. The maximum absolute atomic E-state index is 10.7. The van der Waals surface area contributed by atoms with Gasteiger partial charge in [0.1, 0.15) is 5.78 Å². The molecule has 0 aliphatic rings. The van der Waals surface area contributed by atoms with E-state index in [0.29, 0.717) is 12.5 Å². The van der Waals surface area contributed by atoms with E-state index in [1.807, 2.05) is 18.8 Å². The first kappa shape index (κ1) is 11.0. The first-order valence-corrected chi connectivity index (χ1v) is 5.25. The van der Waals surface area contributed by atoms with Gasteiger partial charge in [-0.25, -0.2) is 0 Å². The molecule has 3 heteroatoms. The zero-order valence-electron chi connectivity index (χ0n) is 7.52. The molecule has 0 bridgehead atoms. The molecule has 0 unspecified atom stereocenters. The third-order valence-electron chi connectivity index (χ3n) is 1.61. The number of carbonyl (C=O) groups is 1. The Balaban J connectivity index is 3.49. The smallest absolute Gasteiger partial charge is 0.131 e. The summed E-state index contributed by atoms with van der Waals surface area (Å²) in [6, 6.07) is 0.375. The fraction of sp³-hybridized carbons (Fsp3) is 0.875. The van der Waals surface area contributed by atoms with Gasteiger partial charge >= 0.3 is 0 Å².